The summed E-state index contributed by atoms with van der Waals surface area (Å²) in [6.07, 6.45) is 3.10. The number of aryl methyl sites for hydroxylation is 1. The molecule has 0 spiro atoms. The largest absolute Gasteiger partial charge is 0.350 e. The first kappa shape index (κ1) is 18.8. The van der Waals surface area contributed by atoms with Crippen LogP contribution in [-0.4, -0.2) is 25.9 Å². The molecule has 1 N–H and O–H groups in total. The number of nitrogens with one attached hydrogen (secondary N) is 1. The smallest absolute Gasteiger partial charge is 0.251 e. The van der Waals surface area contributed by atoms with E-state index in [-0.39, 0.29) is 17.3 Å². The molecule has 0 aliphatic heterocycles. The second-order valence-electron chi connectivity index (χ2n) is 6.16. The highest BCUT2D eigenvalue weighted by Gasteiger charge is 2.29. The molecule has 0 saturated carbocycles. The zero-order chi connectivity index (χ0) is 19.3. The van der Waals surface area contributed by atoms with Crippen LogP contribution in [0.15, 0.2) is 84.0 Å². The van der Waals surface area contributed by atoms with Crippen molar-refractivity contribution in [2.24, 2.45) is 0 Å². The SMILES string of the molecule is Cc1ccccc1C(=O)NCC(c1cccnc1)S(=O)(=O)c1ccccc1. The summed E-state index contributed by atoms with van der Waals surface area (Å²) in [6.45, 7) is 1.80. The number of pyridine rings is 1. The first-order valence-electron chi connectivity index (χ1n) is 8.53. The zero-order valence-corrected chi connectivity index (χ0v) is 15.7. The fraction of sp³-hybridized carbons (Fsp3) is 0.143. The molecule has 2 aromatic carbocycles. The van der Waals surface area contributed by atoms with Crippen LogP contribution in [0.4, 0.5) is 0 Å². The second-order valence-corrected chi connectivity index (χ2v) is 8.29. The molecule has 1 heterocycles. The van der Waals surface area contributed by atoms with Crippen LogP contribution in [-0.2, 0) is 9.84 Å². The summed E-state index contributed by atoms with van der Waals surface area (Å²) in [7, 11) is -3.70. The lowest BCUT2D eigenvalue weighted by Gasteiger charge is -2.19. The van der Waals surface area contributed by atoms with Gasteiger partial charge in [-0.05, 0) is 42.3 Å². The van der Waals surface area contributed by atoms with Gasteiger partial charge in [0.05, 0.1) is 4.90 Å². The quantitative estimate of drug-likeness (QED) is 0.712. The zero-order valence-electron chi connectivity index (χ0n) is 14.9. The van der Waals surface area contributed by atoms with Crippen molar-refractivity contribution in [1.29, 1.82) is 0 Å². The van der Waals surface area contributed by atoms with E-state index in [1.807, 2.05) is 19.1 Å². The molecule has 138 valence electrons. The molecule has 0 aliphatic carbocycles. The monoisotopic (exact) mass is 380 g/mol. The molecule has 1 atom stereocenters. The van der Waals surface area contributed by atoms with Crippen molar-refractivity contribution in [2.45, 2.75) is 17.1 Å². The molecule has 0 bridgehead atoms. The van der Waals surface area contributed by atoms with Crippen molar-refractivity contribution in [3.63, 3.8) is 0 Å². The summed E-state index contributed by atoms with van der Waals surface area (Å²) in [5.74, 6) is -0.301. The van der Waals surface area contributed by atoms with Crippen LogP contribution in [0.1, 0.15) is 26.7 Å². The van der Waals surface area contributed by atoms with Crippen molar-refractivity contribution < 1.29 is 13.2 Å². The van der Waals surface area contributed by atoms with Gasteiger partial charge in [-0.3, -0.25) is 9.78 Å². The van der Waals surface area contributed by atoms with E-state index in [2.05, 4.69) is 10.3 Å². The van der Waals surface area contributed by atoms with E-state index in [4.69, 9.17) is 0 Å². The summed E-state index contributed by atoms with van der Waals surface area (Å²) in [6, 6.07) is 18.8. The molecule has 0 radical (unpaired) electrons. The number of rotatable bonds is 6. The van der Waals surface area contributed by atoms with Crippen molar-refractivity contribution >= 4 is 15.7 Å². The maximum Gasteiger partial charge on any atom is 0.251 e. The van der Waals surface area contributed by atoms with E-state index in [9.17, 15) is 13.2 Å². The van der Waals surface area contributed by atoms with Gasteiger partial charge in [0.15, 0.2) is 9.84 Å². The minimum Gasteiger partial charge on any atom is -0.350 e. The summed E-state index contributed by atoms with van der Waals surface area (Å²) < 4.78 is 26.3. The Morgan fingerprint density at radius 1 is 1.00 bits per heavy atom. The topological polar surface area (TPSA) is 76.1 Å². The Morgan fingerprint density at radius 3 is 2.37 bits per heavy atom. The van der Waals surface area contributed by atoms with Crippen LogP contribution in [0, 0.1) is 6.92 Å². The van der Waals surface area contributed by atoms with Gasteiger partial charge in [-0.25, -0.2) is 8.42 Å². The molecular weight excluding hydrogens is 360 g/mol. The number of benzene rings is 2. The van der Waals surface area contributed by atoms with E-state index in [0.29, 0.717) is 11.1 Å². The summed E-state index contributed by atoms with van der Waals surface area (Å²) >= 11 is 0. The third-order valence-electron chi connectivity index (χ3n) is 4.34. The van der Waals surface area contributed by atoms with Gasteiger partial charge >= 0.3 is 0 Å². The number of nitrogens with zero attached hydrogens (tertiary/aromatic N) is 1. The number of sulfone groups is 1. The molecule has 3 rings (SSSR count). The molecule has 6 heteroatoms. The molecule has 27 heavy (non-hydrogen) atoms. The number of carbonyl (C=O) groups excluding carboxylic acids is 1. The lowest BCUT2D eigenvalue weighted by Crippen LogP contribution is -2.32. The predicted octanol–water partition coefficient (Wildman–Crippen LogP) is 3.34. The minimum atomic E-state index is -3.70. The minimum absolute atomic E-state index is 0.0455. The van der Waals surface area contributed by atoms with E-state index in [1.54, 1.807) is 60.8 Å². The standard InChI is InChI=1S/C21H20N2O3S/c1-16-8-5-6-12-19(16)21(24)23-15-20(17-9-7-13-22-14-17)27(25,26)18-10-3-2-4-11-18/h2-14,20H,15H2,1H3,(H,23,24). The summed E-state index contributed by atoms with van der Waals surface area (Å²) in [5.41, 5.74) is 1.89. The van der Waals surface area contributed by atoms with E-state index < -0.39 is 15.1 Å². The van der Waals surface area contributed by atoms with Gasteiger partial charge in [-0.15, -0.1) is 0 Å². The summed E-state index contributed by atoms with van der Waals surface area (Å²) in [5, 5.41) is 1.84. The maximum absolute atomic E-state index is 13.2. The number of aromatic nitrogens is 1. The van der Waals surface area contributed by atoms with E-state index in [1.165, 1.54) is 6.20 Å². The molecule has 1 amide bonds. The highest BCUT2D eigenvalue weighted by Crippen LogP contribution is 2.28. The average molecular weight is 380 g/mol. The Kier molecular flexibility index (Phi) is 5.66. The fourth-order valence-corrected chi connectivity index (χ4v) is 4.52. The first-order valence-corrected chi connectivity index (χ1v) is 10.1. The second kappa shape index (κ2) is 8.14. The van der Waals surface area contributed by atoms with Crippen LogP contribution in [0.5, 0.6) is 0 Å². The highest BCUT2D eigenvalue weighted by molar-refractivity contribution is 7.91. The highest BCUT2D eigenvalue weighted by atomic mass is 32.2. The van der Waals surface area contributed by atoms with Crippen molar-refractivity contribution in [3.8, 4) is 0 Å². The number of hydrogen-bond donors (Lipinski definition) is 1. The molecule has 5 nitrogen and oxygen atoms in total. The van der Waals surface area contributed by atoms with Gasteiger partial charge in [0.2, 0.25) is 0 Å². The number of amides is 1. The molecule has 0 aliphatic rings. The van der Waals surface area contributed by atoms with Gasteiger partial charge in [0, 0.05) is 24.5 Å². The summed E-state index contributed by atoms with van der Waals surface area (Å²) in [4.78, 5) is 16.8. The molecule has 1 aromatic heterocycles. The Bertz CT molecular complexity index is 1020. The first-order chi connectivity index (χ1) is 13.0. The van der Waals surface area contributed by atoms with Gasteiger partial charge in [-0.2, -0.15) is 0 Å². The van der Waals surface area contributed by atoms with Crippen LogP contribution in [0.25, 0.3) is 0 Å². The van der Waals surface area contributed by atoms with Crippen LogP contribution < -0.4 is 5.32 Å². The Morgan fingerprint density at radius 2 is 1.70 bits per heavy atom. The van der Waals surface area contributed by atoms with Crippen LogP contribution in [0.3, 0.4) is 0 Å². The molecule has 0 saturated heterocycles. The Balaban J connectivity index is 1.90. The fourth-order valence-electron chi connectivity index (χ4n) is 2.86. The molecule has 1 unspecified atom stereocenters. The van der Waals surface area contributed by atoms with Gasteiger partial charge < -0.3 is 5.32 Å². The molecule has 0 fully saturated rings. The van der Waals surface area contributed by atoms with E-state index >= 15 is 0 Å². The molecule has 3 aromatic rings. The van der Waals surface area contributed by atoms with Crippen molar-refractivity contribution in [1.82, 2.24) is 10.3 Å². The number of carbonyl (C=O) groups is 1. The molecular formula is C21H20N2O3S. The van der Waals surface area contributed by atoms with Crippen molar-refractivity contribution in [2.75, 3.05) is 6.54 Å². The number of hydrogen-bond acceptors (Lipinski definition) is 4. The lowest BCUT2D eigenvalue weighted by atomic mass is 10.1. The van der Waals surface area contributed by atoms with Crippen LogP contribution in [0.2, 0.25) is 0 Å². The van der Waals surface area contributed by atoms with Gasteiger partial charge in [0.25, 0.3) is 5.91 Å². The van der Waals surface area contributed by atoms with Gasteiger partial charge in [0.1, 0.15) is 5.25 Å². The van der Waals surface area contributed by atoms with Crippen molar-refractivity contribution in [3.05, 3.63) is 95.8 Å². The Labute approximate surface area is 159 Å². The van der Waals surface area contributed by atoms with E-state index in [0.717, 1.165) is 5.56 Å². The Hall–Kier alpha value is -2.99. The predicted molar refractivity (Wildman–Crippen MR) is 104 cm³/mol. The lowest BCUT2D eigenvalue weighted by molar-refractivity contribution is 0.0953. The maximum atomic E-state index is 13.2. The van der Waals surface area contributed by atoms with Gasteiger partial charge in [-0.1, -0.05) is 42.5 Å². The average Bonchev–Trinajstić information content (AvgIpc) is 2.69. The third kappa shape index (κ3) is 4.23. The third-order valence-corrected chi connectivity index (χ3v) is 6.46. The normalized spacial score (nSPS) is 12.3. The van der Waals surface area contributed by atoms with Crippen LogP contribution >= 0.6 is 0 Å².